The number of hydrogen-bond donors (Lipinski definition) is 0. The van der Waals surface area contributed by atoms with E-state index in [2.05, 4.69) is 4.90 Å². The summed E-state index contributed by atoms with van der Waals surface area (Å²) in [7, 11) is -0.158. The summed E-state index contributed by atoms with van der Waals surface area (Å²) in [5.74, 6) is 0. The van der Waals surface area contributed by atoms with E-state index in [0.29, 0.717) is 13.1 Å². The molecule has 5 nitrogen and oxygen atoms in total. The van der Waals surface area contributed by atoms with Crippen molar-refractivity contribution >= 4 is 21.8 Å². The van der Waals surface area contributed by atoms with Crippen LogP contribution in [-0.2, 0) is 16.8 Å². The van der Waals surface area contributed by atoms with Gasteiger partial charge in [0, 0.05) is 51.8 Å². The van der Waals surface area contributed by atoms with Crippen LogP contribution in [0.1, 0.15) is 5.56 Å². The predicted octanol–water partition coefficient (Wildman–Crippen LogP) is 1.26. The molecule has 1 aliphatic heterocycles. The third-order valence-electron chi connectivity index (χ3n) is 3.41. The van der Waals surface area contributed by atoms with Crippen LogP contribution in [0.25, 0.3) is 0 Å². The van der Waals surface area contributed by atoms with E-state index < -0.39 is 10.2 Å². The number of nitrogens with zero attached hydrogens (tertiary/aromatic N) is 3. The molecule has 20 heavy (non-hydrogen) atoms. The molecule has 0 aliphatic carbocycles. The van der Waals surface area contributed by atoms with Crippen molar-refractivity contribution in [2.75, 3.05) is 40.3 Å². The highest BCUT2D eigenvalue weighted by atomic mass is 35.5. The maximum Gasteiger partial charge on any atom is 0.281 e. The first-order valence-corrected chi connectivity index (χ1v) is 8.31. The summed E-state index contributed by atoms with van der Waals surface area (Å²) in [5.41, 5.74) is 1.15. The lowest BCUT2D eigenvalue weighted by Gasteiger charge is -2.35. The Bertz CT molecular complexity index is 554. The molecule has 0 saturated carbocycles. The Labute approximate surface area is 125 Å². The van der Waals surface area contributed by atoms with Crippen LogP contribution < -0.4 is 0 Å². The molecule has 1 aromatic carbocycles. The summed E-state index contributed by atoms with van der Waals surface area (Å²) in [5, 5.41) is 0.733. The van der Waals surface area contributed by atoms with Gasteiger partial charge in [0.05, 0.1) is 0 Å². The fraction of sp³-hybridized carbons (Fsp3) is 0.538. The molecule has 0 bridgehead atoms. The second-order valence-corrected chi connectivity index (χ2v) is 7.67. The van der Waals surface area contributed by atoms with Crippen molar-refractivity contribution in [1.29, 1.82) is 0 Å². The smallest absolute Gasteiger partial charge is 0.281 e. The summed E-state index contributed by atoms with van der Waals surface area (Å²) in [6.45, 7) is 3.33. The fourth-order valence-electron chi connectivity index (χ4n) is 2.24. The highest BCUT2D eigenvalue weighted by Crippen LogP contribution is 2.15. The minimum absolute atomic E-state index is 0.529. The number of benzene rings is 1. The lowest BCUT2D eigenvalue weighted by Crippen LogP contribution is -2.51. The van der Waals surface area contributed by atoms with Crippen LogP contribution >= 0.6 is 11.6 Å². The van der Waals surface area contributed by atoms with Gasteiger partial charge in [-0.3, -0.25) is 4.90 Å². The molecular weight excluding hydrogens is 298 g/mol. The Morgan fingerprint density at radius 3 is 2.40 bits per heavy atom. The first-order chi connectivity index (χ1) is 9.39. The number of rotatable bonds is 4. The molecule has 0 aromatic heterocycles. The van der Waals surface area contributed by atoms with Crippen molar-refractivity contribution in [3.63, 3.8) is 0 Å². The summed E-state index contributed by atoms with van der Waals surface area (Å²) >= 11 is 5.97. The van der Waals surface area contributed by atoms with Gasteiger partial charge < -0.3 is 0 Å². The molecule has 0 unspecified atom stereocenters. The molecule has 112 valence electrons. The first-order valence-electron chi connectivity index (χ1n) is 6.54. The van der Waals surface area contributed by atoms with Gasteiger partial charge in [-0.25, -0.2) is 0 Å². The van der Waals surface area contributed by atoms with Gasteiger partial charge in [-0.15, -0.1) is 0 Å². The highest BCUT2D eigenvalue weighted by Gasteiger charge is 2.28. The molecule has 7 heteroatoms. The third-order valence-corrected chi connectivity index (χ3v) is 5.59. The lowest BCUT2D eigenvalue weighted by molar-refractivity contribution is 0.177. The topological polar surface area (TPSA) is 43.9 Å². The molecule has 1 aromatic rings. The standard InChI is InChI=1S/C13H20ClN3O2S/c1-15(2)20(18,19)17-8-6-16(7-9-17)11-12-4-3-5-13(14)10-12/h3-5,10H,6-9,11H2,1-2H3. The van der Waals surface area contributed by atoms with E-state index in [9.17, 15) is 8.42 Å². The van der Waals surface area contributed by atoms with Gasteiger partial charge in [0.2, 0.25) is 0 Å². The highest BCUT2D eigenvalue weighted by molar-refractivity contribution is 7.86. The Kier molecular flexibility index (Phi) is 5.04. The summed E-state index contributed by atoms with van der Waals surface area (Å²) in [6.07, 6.45) is 0. The van der Waals surface area contributed by atoms with Gasteiger partial charge in [-0.2, -0.15) is 17.0 Å². The van der Waals surface area contributed by atoms with E-state index in [1.807, 2.05) is 24.3 Å². The van der Waals surface area contributed by atoms with Crippen LogP contribution in [0.2, 0.25) is 5.02 Å². The van der Waals surface area contributed by atoms with E-state index in [0.717, 1.165) is 30.2 Å². The Morgan fingerprint density at radius 1 is 1.20 bits per heavy atom. The minimum atomic E-state index is -3.28. The number of halogens is 1. The normalized spacial score (nSPS) is 18.6. The predicted molar refractivity (Wildman–Crippen MR) is 80.9 cm³/mol. The zero-order valence-corrected chi connectivity index (χ0v) is 13.4. The van der Waals surface area contributed by atoms with Crippen LogP contribution in [0, 0.1) is 0 Å². The fourth-order valence-corrected chi connectivity index (χ4v) is 3.54. The van der Waals surface area contributed by atoms with Crippen molar-refractivity contribution in [2.24, 2.45) is 0 Å². The number of hydrogen-bond acceptors (Lipinski definition) is 3. The molecule has 1 aliphatic rings. The summed E-state index contributed by atoms with van der Waals surface area (Å²) in [4.78, 5) is 2.24. The van der Waals surface area contributed by atoms with Gasteiger partial charge >= 0.3 is 0 Å². The van der Waals surface area contributed by atoms with Crippen molar-refractivity contribution in [3.8, 4) is 0 Å². The van der Waals surface area contributed by atoms with Crippen molar-refractivity contribution in [1.82, 2.24) is 13.5 Å². The third kappa shape index (κ3) is 3.71. The van der Waals surface area contributed by atoms with Crippen LogP contribution in [0.5, 0.6) is 0 Å². The van der Waals surface area contributed by atoms with Crippen LogP contribution in [-0.4, -0.2) is 62.2 Å². The average Bonchev–Trinajstić information content (AvgIpc) is 2.39. The van der Waals surface area contributed by atoms with E-state index in [1.165, 1.54) is 8.61 Å². The minimum Gasteiger partial charge on any atom is -0.296 e. The van der Waals surface area contributed by atoms with Crippen molar-refractivity contribution < 1.29 is 8.42 Å². The van der Waals surface area contributed by atoms with Crippen LogP contribution in [0.3, 0.4) is 0 Å². The zero-order chi connectivity index (χ0) is 14.8. The van der Waals surface area contributed by atoms with E-state index in [4.69, 9.17) is 11.6 Å². The van der Waals surface area contributed by atoms with Gasteiger partial charge in [0.15, 0.2) is 0 Å². The van der Waals surface area contributed by atoms with Crippen LogP contribution in [0.15, 0.2) is 24.3 Å². The molecule has 0 atom stereocenters. The zero-order valence-electron chi connectivity index (χ0n) is 11.8. The average molecular weight is 318 g/mol. The largest absolute Gasteiger partial charge is 0.296 e. The van der Waals surface area contributed by atoms with Gasteiger partial charge in [0.1, 0.15) is 0 Å². The Balaban J connectivity index is 1.92. The Morgan fingerprint density at radius 2 is 1.85 bits per heavy atom. The molecule has 0 spiro atoms. The molecule has 1 saturated heterocycles. The molecular formula is C13H20ClN3O2S. The lowest BCUT2D eigenvalue weighted by atomic mass is 10.2. The van der Waals surface area contributed by atoms with Crippen molar-refractivity contribution in [3.05, 3.63) is 34.9 Å². The molecule has 1 fully saturated rings. The second kappa shape index (κ2) is 6.41. The number of piperazine rings is 1. The first kappa shape index (κ1) is 15.7. The van der Waals surface area contributed by atoms with Crippen molar-refractivity contribution in [2.45, 2.75) is 6.54 Å². The summed E-state index contributed by atoms with van der Waals surface area (Å²) in [6, 6.07) is 7.77. The second-order valence-electron chi connectivity index (χ2n) is 5.10. The quantitative estimate of drug-likeness (QED) is 0.840. The monoisotopic (exact) mass is 317 g/mol. The van der Waals surface area contributed by atoms with E-state index >= 15 is 0 Å². The maximum absolute atomic E-state index is 12.0. The molecule has 0 N–H and O–H groups in total. The molecule has 0 radical (unpaired) electrons. The van der Waals surface area contributed by atoms with Gasteiger partial charge in [-0.05, 0) is 17.7 Å². The summed E-state index contributed by atoms with van der Waals surface area (Å²) < 4.78 is 26.8. The molecule has 2 rings (SSSR count). The maximum atomic E-state index is 12.0. The molecule has 0 amide bonds. The van der Waals surface area contributed by atoms with E-state index in [-0.39, 0.29) is 0 Å². The van der Waals surface area contributed by atoms with Crippen LogP contribution in [0.4, 0.5) is 0 Å². The van der Waals surface area contributed by atoms with Gasteiger partial charge in [-0.1, -0.05) is 23.7 Å². The molecule has 1 heterocycles. The SMILES string of the molecule is CN(C)S(=O)(=O)N1CCN(Cc2cccc(Cl)c2)CC1. The van der Waals surface area contributed by atoms with Gasteiger partial charge in [0.25, 0.3) is 10.2 Å². The Hall–Kier alpha value is -0.660. The van der Waals surface area contributed by atoms with E-state index in [1.54, 1.807) is 14.1 Å².